The van der Waals surface area contributed by atoms with Crippen LogP contribution in [0.25, 0.3) is 66.4 Å². The van der Waals surface area contributed by atoms with E-state index in [4.69, 9.17) is 56.2 Å². The molecule has 0 saturated carbocycles. The lowest BCUT2D eigenvalue weighted by Crippen LogP contribution is -2.06. The zero-order valence-corrected chi connectivity index (χ0v) is 35.9. The highest BCUT2D eigenvalue weighted by Gasteiger charge is 2.18. The second-order valence-corrected chi connectivity index (χ2v) is 15.5. The summed E-state index contributed by atoms with van der Waals surface area (Å²) in [5, 5.41) is 16.5. The molecule has 0 radical (unpaired) electrons. The van der Waals surface area contributed by atoms with Crippen LogP contribution in [-0.4, -0.2) is 49.9 Å². The molecule has 0 aliphatic carbocycles. The minimum Gasteiger partial charge on any atom is -0.383 e. The molecule has 15 heteroatoms. The number of rotatable bonds is 5. The fraction of sp³-hybridized carbons (Fsp3) is 0.149. The highest BCUT2D eigenvalue weighted by Crippen LogP contribution is 2.34. The van der Waals surface area contributed by atoms with Gasteiger partial charge in [0.05, 0.1) is 45.4 Å². The maximum Gasteiger partial charge on any atom is 0.186 e. The first-order valence-electron chi connectivity index (χ1n) is 19.2. The number of pyridine rings is 2. The number of nitrogens with one attached hydrogen (secondary N) is 1. The van der Waals surface area contributed by atoms with E-state index >= 15 is 0 Å². The highest BCUT2D eigenvalue weighted by molar-refractivity contribution is 6.33. The maximum atomic E-state index is 6.55. The van der Waals surface area contributed by atoms with Crippen LogP contribution in [0.3, 0.4) is 0 Å². The number of aromatic nitrogens is 10. The molecule has 0 aliphatic heterocycles. The Morgan fingerprint density at radius 1 is 0.629 bits per heavy atom. The van der Waals surface area contributed by atoms with Gasteiger partial charge < -0.3 is 11.5 Å². The van der Waals surface area contributed by atoms with Gasteiger partial charge in [0.15, 0.2) is 11.3 Å². The van der Waals surface area contributed by atoms with Gasteiger partial charge in [-0.3, -0.25) is 5.10 Å². The van der Waals surface area contributed by atoms with Gasteiger partial charge in [-0.15, -0.1) is 11.6 Å². The molecule has 0 aliphatic rings. The third kappa shape index (κ3) is 8.58. The van der Waals surface area contributed by atoms with Gasteiger partial charge in [0, 0.05) is 49.1 Å². The average Bonchev–Trinajstić information content (AvgIpc) is 3.81. The Morgan fingerprint density at radius 3 is 1.73 bits per heavy atom. The predicted octanol–water partition coefficient (Wildman–Crippen LogP) is 11.4. The van der Waals surface area contributed by atoms with Crippen LogP contribution < -0.4 is 11.5 Å². The second-order valence-electron chi connectivity index (χ2n) is 14.4. The fourth-order valence-corrected chi connectivity index (χ4v) is 7.94. The lowest BCUT2D eigenvalue weighted by molar-refractivity contribution is 0.695. The van der Waals surface area contributed by atoms with Crippen molar-refractivity contribution < 1.29 is 0 Å². The molecule has 312 valence electrons. The minimum atomic E-state index is 0. The van der Waals surface area contributed by atoms with Crippen molar-refractivity contribution in [3.63, 3.8) is 0 Å². The summed E-state index contributed by atoms with van der Waals surface area (Å²) in [6.45, 7) is 8.41. The summed E-state index contributed by atoms with van der Waals surface area (Å²) in [7, 11) is 0. The summed E-state index contributed by atoms with van der Waals surface area (Å²) >= 11 is 18.9. The third-order valence-corrected chi connectivity index (χ3v) is 11.2. The van der Waals surface area contributed by atoms with Crippen molar-refractivity contribution in [1.29, 1.82) is 0 Å². The Labute approximate surface area is 373 Å². The van der Waals surface area contributed by atoms with Gasteiger partial charge in [0.1, 0.15) is 24.3 Å². The van der Waals surface area contributed by atoms with Crippen LogP contribution >= 0.6 is 34.8 Å². The smallest absolute Gasteiger partial charge is 0.186 e. The molecule has 12 nitrogen and oxygen atoms in total. The maximum absolute atomic E-state index is 6.55. The van der Waals surface area contributed by atoms with Gasteiger partial charge >= 0.3 is 0 Å². The molecule has 5 N–H and O–H groups in total. The first-order valence-corrected chi connectivity index (χ1v) is 20.5. The summed E-state index contributed by atoms with van der Waals surface area (Å²) < 4.78 is 1.85. The number of anilines is 2. The molecule has 62 heavy (non-hydrogen) atoms. The number of aromatic amines is 1. The van der Waals surface area contributed by atoms with Crippen LogP contribution in [-0.2, 0) is 12.4 Å². The normalized spacial score (nSPS) is 11.0. The number of aryl methyl sites for hydroxylation is 4. The number of hydrogen-bond acceptors (Lipinski definition) is 10. The molecule has 0 atom stereocenters. The number of nitrogens with zero attached hydrogens (tertiary/aromatic N) is 9. The Balaban J connectivity index is 0.000000155. The van der Waals surface area contributed by atoms with Gasteiger partial charge in [0.25, 0.3) is 0 Å². The monoisotopic (exact) mass is 880 g/mol. The van der Waals surface area contributed by atoms with Gasteiger partial charge in [0.2, 0.25) is 0 Å². The number of para-hydroxylation sites is 2. The molecular formula is C47H43Cl3N12. The van der Waals surface area contributed by atoms with Crippen LogP contribution in [0, 0.1) is 27.7 Å². The van der Waals surface area contributed by atoms with Crippen molar-refractivity contribution in [1.82, 2.24) is 49.9 Å². The Morgan fingerprint density at radius 2 is 1.16 bits per heavy atom. The molecular weight excluding hydrogens is 839 g/mol. The van der Waals surface area contributed by atoms with E-state index in [1.165, 1.54) is 12.7 Å². The van der Waals surface area contributed by atoms with E-state index in [1.807, 2.05) is 79.2 Å². The summed E-state index contributed by atoms with van der Waals surface area (Å²) in [4.78, 5) is 26.1. The van der Waals surface area contributed by atoms with E-state index in [9.17, 15) is 0 Å². The second kappa shape index (κ2) is 18.5. The Bertz CT molecular complexity index is 3230. The topological polar surface area (TPSA) is 176 Å². The standard InChI is InChI=1S/C23H19ClN6.C17H13Cl2N.C6H7N5.CH4/c1-13-6-5-7-15-10-16(21(28-20(13)15)17-8-3-4-9-18(17)24)11-30-23-19(14(2)29-30)22(25)26-12-27-23;1-11-5-4-6-12-9-13(10-18)17(20-16(11)12)14-7-2-3-8-15(14)19;1-3-4-5(7)8-2-9-6(4)11-10-3;/h3-10,12H,11H2,1-2H3,(H2,25,26,27);2-9H,10H2,1H3;2H,1H3,(H3,7,8,9,10,11);1H4. The van der Waals surface area contributed by atoms with Crippen LogP contribution in [0.1, 0.15) is 41.1 Å². The van der Waals surface area contributed by atoms with Crippen molar-refractivity contribution in [2.24, 2.45) is 0 Å². The predicted molar refractivity (Wildman–Crippen MR) is 255 cm³/mol. The molecule has 0 spiro atoms. The first-order chi connectivity index (χ1) is 29.5. The molecule has 0 unspecified atom stereocenters. The SMILES string of the molecule is C.Cc1[nH]nc2ncnc(N)c12.Cc1cccc2cc(CCl)c(-c3ccccc3Cl)nc12.Cc1cccc2cc(Cn3nc(C)c4c(N)ncnc43)c(-c3ccccc3Cl)nc12. The van der Waals surface area contributed by atoms with E-state index in [-0.39, 0.29) is 7.43 Å². The number of alkyl halides is 1. The number of benzene rings is 4. The number of hydrogen-bond donors (Lipinski definition) is 3. The molecule has 0 amide bonds. The largest absolute Gasteiger partial charge is 0.383 e. The van der Waals surface area contributed by atoms with Crippen molar-refractivity contribution in [2.75, 3.05) is 11.5 Å². The van der Waals surface area contributed by atoms with Crippen LogP contribution in [0.2, 0.25) is 10.0 Å². The van der Waals surface area contributed by atoms with E-state index in [2.05, 4.69) is 85.5 Å². The van der Waals surface area contributed by atoms with Crippen molar-refractivity contribution in [3.8, 4) is 22.5 Å². The van der Waals surface area contributed by atoms with Crippen LogP contribution in [0.15, 0.2) is 110 Å². The Hall–Kier alpha value is -6.73. The lowest BCUT2D eigenvalue weighted by Gasteiger charge is -2.14. The van der Waals surface area contributed by atoms with Gasteiger partial charge in [-0.2, -0.15) is 10.2 Å². The molecule has 0 saturated heterocycles. The number of fused-ring (bicyclic) bond motifs is 4. The fourth-order valence-electron chi connectivity index (χ4n) is 7.29. The number of halogens is 3. The highest BCUT2D eigenvalue weighted by atomic mass is 35.5. The molecule has 0 bridgehead atoms. The van der Waals surface area contributed by atoms with Gasteiger partial charge in [-0.1, -0.05) is 103 Å². The van der Waals surface area contributed by atoms with Gasteiger partial charge in [-0.25, -0.2) is 34.6 Å². The van der Waals surface area contributed by atoms with Crippen molar-refractivity contribution in [3.05, 3.63) is 153 Å². The summed E-state index contributed by atoms with van der Waals surface area (Å²) in [6.07, 6.45) is 2.87. The molecule has 6 aromatic heterocycles. The van der Waals surface area contributed by atoms with Crippen LogP contribution in [0.5, 0.6) is 0 Å². The molecule has 10 aromatic rings. The van der Waals surface area contributed by atoms with E-state index in [1.54, 1.807) is 0 Å². The first kappa shape index (κ1) is 43.4. The minimum absolute atomic E-state index is 0. The quantitative estimate of drug-likeness (QED) is 0.141. The average molecular weight is 882 g/mol. The zero-order chi connectivity index (χ0) is 42.8. The molecule has 4 aromatic carbocycles. The molecule has 10 rings (SSSR count). The van der Waals surface area contributed by atoms with E-state index in [0.717, 1.165) is 88.7 Å². The number of nitrogen functional groups attached to an aromatic ring is 2. The van der Waals surface area contributed by atoms with Crippen molar-refractivity contribution in [2.45, 2.75) is 47.5 Å². The number of H-pyrrole nitrogens is 1. The van der Waals surface area contributed by atoms with E-state index in [0.29, 0.717) is 45.4 Å². The lowest BCUT2D eigenvalue weighted by atomic mass is 10.0. The Kier molecular flexibility index (Phi) is 12.9. The zero-order valence-electron chi connectivity index (χ0n) is 33.6. The van der Waals surface area contributed by atoms with E-state index < -0.39 is 0 Å². The summed E-state index contributed by atoms with van der Waals surface area (Å²) in [5.74, 6) is 1.32. The van der Waals surface area contributed by atoms with Gasteiger partial charge in [-0.05, 0) is 68.7 Å². The molecule has 0 fully saturated rings. The third-order valence-electron chi connectivity index (χ3n) is 10.3. The van der Waals surface area contributed by atoms with Crippen LogP contribution in [0.4, 0.5) is 11.6 Å². The van der Waals surface area contributed by atoms with Crippen molar-refractivity contribution >= 4 is 90.3 Å². The number of nitrogens with two attached hydrogens (primary N) is 2. The summed E-state index contributed by atoms with van der Waals surface area (Å²) in [6, 6.07) is 32.1. The summed E-state index contributed by atoms with van der Waals surface area (Å²) in [5.41, 5.74) is 24.4. The molecule has 6 heterocycles.